The van der Waals surface area contributed by atoms with E-state index in [1.807, 2.05) is 12.1 Å². The molecule has 0 radical (unpaired) electrons. The number of aromatic carboxylic acids is 1. The molecule has 1 aromatic carbocycles. The minimum absolute atomic E-state index is 0.0149. The van der Waals surface area contributed by atoms with Gasteiger partial charge in [-0.25, -0.2) is 9.78 Å². The van der Waals surface area contributed by atoms with Gasteiger partial charge in [-0.1, -0.05) is 18.2 Å². The van der Waals surface area contributed by atoms with Crippen LogP contribution in [0, 0.1) is 0 Å². The zero-order chi connectivity index (χ0) is 13.7. The van der Waals surface area contributed by atoms with E-state index in [9.17, 15) is 4.79 Å². The van der Waals surface area contributed by atoms with Gasteiger partial charge in [-0.3, -0.25) is 0 Å². The molecule has 0 saturated heterocycles. The Morgan fingerprint density at radius 2 is 1.95 bits per heavy atom. The fourth-order valence-electron chi connectivity index (χ4n) is 1.54. The second-order valence-electron chi connectivity index (χ2n) is 3.80. The second kappa shape index (κ2) is 5.86. The molecule has 0 atom stereocenters. The summed E-state index contributed by atoms with van der Waals surface area (Å²) in [7, 11) is 1.57. The third kappa shape index (κ3) is 3.22. The summed E-state index contributed by atoms with van der Waals surface area (Å²) in [6, 6.07) is 10.4. The van der Waals surface area contributed by atoms with Crippen molar-refractivity contribution in [3.8, 4) is 11.5 Å². The van der Waals surface area contributed by atoms with Crippen molar-refractivity contribution >= 4 is 5.97 Å². The standard InChI is InChI=1S/C14H13NO4/c1-18-12-4-2-3-5-13(12)19-9-10-6-7-11(14(16)17)15-8-10/h2-8H,9H2,1H3,(H,16,17). The predicted octanol–water partition coefficient (Wildman–Crippen LogP) is 2.37. The van der Waals surface area contributed by atoms with Gasteiger partial charge < -0.3 is 14.6 Å². The van der Waals surface area contributed by atoms with Gasteiger partial charge in [0.15, 0.2) is 11.5 Å². The van der Waals surface area contributed by atoms with Crippen molar-refractivity contribution in [2.75, 3.05) is 7.11 Å². The van der Waals surface area contributed by atoms with Crippen LogP contribution in [0.25, 0.3) is 0 Å². The maximum Gasteiger partial charge on any atom is 0.354 e. The first kappa shape index (κ1) is 12.9. The van der Waals surface area contributed by atoms with Crippen molar-refractivity contribution in [2.24, 2.45) is 0 Å². The number of benzene rings is 1. The van der Waals surface area contributed by atoms with E-state index in [1.165, 1.54) is 12.3 Å². The highest BCUT2D eigenvalue weighted by atomic mass is 16.5. The number of hydrogen-bond acceptors (Lipinski definition) is 4. The molecule has 19 heavy (non-hydrogen) atoms. The number of methoxy groups -OCH3 is 1. The summed E-state index contributed by atoms with van der Waals surface area (Å²) in [6.45, 7) is 0.299. The molecule has 0 spiro atoms. The molecule has 98 valence electrons. The number of pyridine rings is 1. The number of nitrogens with zero attached hydrogens (tertiary/aromatic N) is 1. The Kier molecular flexibility index (Phi) is 3.97. The van der Waals surface area contributed by atoms with Gasteiger partial charge in [0, 0.05) is 11.8 Å². The van der Waals surface area contributed by atoms with Crippen LogP contribution in [0.3, 0.4) is 0 Å². The van der Waals surface area contributed by atoms with Crippen molar-refractivity contribution < 1.29 is 19.4 Å². The van der Waals surface area contributed by atoms with Crippen molar-refractivity contribution in [3.05, 3.63) is 53.9 Å². The smallest absolute Gasteiger partial charge is 0.354 e. The van der Waals surface area contributed by atoms with Gasteiger partial charge in [0.25, 0.3) is 0 Å². The molecule has 0 aliphatic heterocycles. The van der Waals surface area contributed by atoms with E-state index < -0.39 is 5.97 Å². The van der Waals surface area contributed by atoms with Crippen molar-refractivity contribution in [2.45, 2.75) is 6.61 Å². The molecular weight excluding hydrogens is 246 g/mol. The summed E-state index contributed by atoms with van der Waals surface area (Å²) in [5.74, 6) is 0.238. The molecule has 5 nitrogen and oxygen atoms in total. The quantitative estimate of drug-likeness (QED) is 0.892. The highest BCUT2D eigenvalue weighted by Crippen LogP contribution is 2.26. The molecule has 0 aliphatic rings. The molecule has 0 amide bonds. The molecular formula is C14H13NO4. The Balaban J connectivity index is 2.04. The van der Waals surface area contributed by atoms with Crippen LogP contribution in [0.5, 0.6) is 11.5 Å². The zero-order valence-corrected chi connectivity index (χ0v) is 10.4. The lowest BCUT2D eigenvalue weighted by Crippen LogP contribution is -2.02. The Morgan fingerprint density at radius 3 is 2.53 bits per heavy atom. The largest absolute Gasteiger partial charge is 0.493 e. The first-order valence-corrected chi connectivity index (χ1v) is 5.64. The number of carboxylic acid groups (broad SMARTS) is 1. The fourth-order valence-corrected chi connectivity index (χ4v) is 1.54. The van der Waals surface area contributed by atoms with Crippen LogP contribution in [-0.2, 0) is 6.61 Å². The van der Waals surface area contributed by atoms with Gasteiger partial charge in [-0.15, -0.1) is 0 Å². The summed E-state index contributed by atoms with van der Waals surface area (Å²) in [4.78, 5) is 14.5. The van der Waals surface area contributed by atoms with Crippen LogP contribution < -0.4 is 9.47 Å². The Labute approximate surface area is 110 Å². The highest BCUT2D eigenvalue weighted by Gasteiger charge is 2.05. The number of aromatic nitrogens is 1. The molecule has 1 N–H and O–H groups in total. The Bertz CT molecular complexity index is 566. The predicted molar refractivity (Wildman–Crippen MR) is 68.5 cm³/mol. The van der Waals surface area contributed by atoms with E-state index >= 15 is 0 Å². The molecule has 0 fully saturated rings. The Morgan fingerprint density at radius 1 is 1.21 bits per heavy atom. The van der Waals surface area contributed by atoms with Crippen LogP contribution in [0.2, 0.25) is 0 Å². The minimum Gasteiger partial charge on any atom is -0.493 e. The van der Waals surface area contributed by atoms with Gasteiger partial charge in [0.1, 0.15) is 12.3 Å². The van der Waals surface area contributed by atoms with Crippen molar-refractivity contribution in [1.29, 1.82) is 0 Å². The lowest BCUT2D eigenvalue weighted by Gasteiger charge is -2.10. The van der Waals surface area contributed by atoms with Gasteiger partial charge in [0.2, 0.25) is 0 Å². The molecule has 0 saturated carbocycles. The van der Waals surface area contributed by atoms with Gasteiger partial charge in [-0.05, 0) is 18.2 Å². The first-order chi connectivity index (χ1) is 9.20. The summed E-state index contributed by atoms with van der Waals surface area (Å²) in [6.07, 6.45) is 1.48. The SMILES string of the molecule is COc1ccccc1OCc1ccc(C(=O)O)nc1. The third-order valence-electron chi connectivity index (χ3n) is 2.51. The normalized spacial score (nSPS) is 9.95. The number of carboxylic acids is 1. The summed E-state index contributed by atoms with van der Waals surface area (Å²) in [5.41, 5.74) is 0.803. The van der Waals surface area contributed by atoms with Crippen LogP contribution in [0.1, 0.15) is 16.1 Å². The molecule has 1 heterocycles. The maximum absolute atomic E-state index is 10.7. The molecule has 5 heteroatoms. The monoisotopic (exact) mass is 259 g/mol. The van der Waals surface area contributed by atoms with E-state index in [4.69, 9.17) is 14.6 Å². The lowest BCUT2D eigenvalue weighted by atomic mass is 10.2. The molecule has 0 aliphatic carbocycles. The van der Waals surface area contributed by atoms with E-state index in [-0.39, 0.29) is 5.69 Å². The second-order valence-corrected chi connectivity index (χ2v) is 3.80. The summed E-state index contributed by atoms with van der Waals surface area (Å²) in [5, 5.41) is 8.74. The lowest BCUT2D eigenvalue weighted by molar-refractivity contribution is 0.0690. The number of ether oxygens (including phenoxy) is 2. The number of hydrogen-bond donors (Lipinski definition) is 1. The molecule has 2 aromatic rings. The average Bonchev–Trinajstić information content (AvgIpc) is 2.45. The molecule has 0 bridgehead atoms. The average molecular weight is 259 g/mol. The van der Waals surface area contributed by atoms with Crippen LogP contribution in [-0.4, -0.2) is 23.2 Å². The van der Waals surface area contributed by atoms with Gasteiger partial charge >= 0.3 is 5.97 Å². The highest BCUT2D eigenvalue weighted by molar-refractivity contribution is 5.85. The van der Waals surface area contributed by atoms with Crippen LogP contribution in [0.4, 0.5) is 0 Å². The fraction of sp³-hybridized carbons (Fsp3) is 0.143. The first-order valence-electron chi connectivity index (χ1n) is 5.64. The van der Waals surface area contributed by atoms with Gasteiger partial charge in [0.05, 0.1) is 7.11 Å². The van der Waals surface area contributed by atoms with E-state index in [0.29, 0.717) is 18.1 Å². The van der Waals surface area contributed by atoms with Crippen LogP contribution in [0.15, 0.2) is 42.6 Å². The van der Waals surface area contributed by atoms with Crippen LogP contribution >= 0.6 is 0 Å². The number of para-hydroxylation sites is 2. The number of rotatable bonds is 5. The molecule has 0 unspecified atom stereocenters. The van der Waals surface area contributed by atoms with E-state index in [2.05, 4.69) is 4.98 Å². The zero-order valence-electron chi connectivity index (χ0n) is 10.4. The number of carbonyl (C=O) groups is 1. The van der Waals surface area contributed by atoms with Crippen molar-refractivity contribution in [3.63, 3.8) is 0 Å². The summed E-state index contributed by atoms with van der Waals surface area (Å²) >= 11 is 0. The van der Waals surface area contributed by atoms with Gasteiger partial charge in [-0.2, -0.15) is 0 Å². The van der Waals surface area contributed by atoms with E-state index in [0.717, 1.165) is 5.56 Å². The third-order valence-corrected chi connectivity index (χ3v) is 2.51. The molecule has 1 aromatic heterocycles. The van der Waals surface area contributed by atoms with E-state index in [1.54, 1.807) is 25.3 Å². The topological polar surface area (TPSA) is 68.7 Å². The van der Waals surface area contributed by atoms with Crippen molar-refractivity contribution in [1.82, 2.24) is 4.98 Å². The molecule has 2 rings (SSSR count). The minimum atomic E-state index is -1.04. The Hall–Kier alpha value is -2.56. The summed E-state index contributed by atoms with van der Waals surface area (Å²) < 4.78 is 10.8. The maximum atomic E-state index is 10.7.